The number of carbonyl (C=O) groups is 4. The van der Waals surface area contributed by atoms with E-state index < -0.39 is 29.8 Å². The van der Waals surface area contributed by atoms with Crippen molar-refractivity contribution in [1.82, 2.24) is 26.2 Å². The Morgan fingerprint density at radius 1 is 1.04 bits per heavy atom. The highest BCUT2D eigenvalue weighted by Gasteiger charge is 2.69. The van der Waals surface area contributed by atoms with Gasteiger partial charge in [0.05, 0.1) is 12.1 Å². The molecule has 1 aromatic carbocycles. The van der Waals surface area contributed by atoms with Crippen molar-refractivity contribution in [3.05, 3.63) is 60.3 Å². The van der Waals surface area contributed by atoms with Gasteiger partial charge in [-0.3, -0.25) is 14.4 Å². The van der Waals surface area contributed by atoms with E-state index in [-0.39, 0.29) is 53.1 Å². The highest BCUT2D eigenvalue weighted by Crippen LogP contribution is 2.65. The molecule has 1 heterocycles. The highest BCUT2D eigenvalue weighted by molar-refractivity contribution is 6.38. The minimum atomic E-state index is -0.921. The maximum Gasteiger partial charge on any atom is 0.315 e. The number of fused-ring (bicyclic) bond motifs is 2. The van der Waals surface area contributed by atoms with E-state index in [0.29, 0.717) is 25.1 Å². The Labute approximate surface area is 281 Å². The number of piperidine rings is 1. The molecule has 0 aromatic heterocycles. The Kier molecular flexibility index (Phi) is 11.3. The monoisotopic (exact) mass is 647 g/mol. The molecule has 9 nitrogen and oxygen atoms in total. The number of hydrogen-bond acceptors (Lipinski definition) is 5. The molecule has 47 heavy (non-hydrogen) atoms. The summed E-state index contributed by atoms with van der Waals surface area (Å²) in [4.78, 5) is 55.8. The Morgan fingerprint density at radius 3 is 2.23 bits per heavy atom. The van der Waals surface area contributed by atoms with Gasteiger partial charge in [0.25, 0.3) is 5.91 Å². The number of Topliss-reactive ketones (excluding diaryl/α,β-unsaturated/α-hetero) is 1. The van der Waals surface area contributed by atoms with Crippen LogP contribution in [-0.2, 0) is 27.2 Å². The minimum absolute atomic E-state index is 0.0165. The van der Waals surface area contributed by atoms with Crippen LogP contribution in [0.25, 0.3) is 0 Å². The number of hydrogen-bond donors (Lipinski definition) is 4. The standard InChI is InChI=1S/C38H57N5O4/c1-10-13-18-28(33(44)35(46)39-19-11-2)40-34(45)32-30-27(38(30,8)9)22-43(32)23(4)31(26-20-24-16-14-15-17-25(24)21-26)42-36(47)41-29(12-3)37(5,6)7/h11,14-17,26-32H,2,4,10,12-13,18-22H2,1,3,5-9H3,(H,39,46)(H,40,45)(H2,41,42,47)/t27-,28?,29?,30-,31?,32?/m0/s1. The summed E-state index contributed by atoms with van der Waals surface area (Å²) in [5.74, 6) is -1.23. The highest BCUT2D eigenvalue weighted by atomic mass is 16.2. The molecule has 4 N–H and O–H groups in total. The maximum atomic E-state index is 14.2. The first-order chi connectivity index (χ1) is 22.1. The normalized spacial score (nSPS) is 23.0. The topological polar surface area (TPSA) is 120 Å². The fraction of sp³-hybridized carbons (Fsp3) is 0.632. The summed E-state index contributed by atoms with van der Waals surface area (Å²) in [5, 5.41) is 12.1. The lowest BCUT2D eigenvalue weighted by Gasteiger charge is -2.39. The van der Waals surface area contributed by atoms with Crippen molar-refractivity contribution >= 4 is 23.6 Å². The van der Waals surface area contributed by atoms with Crippen molar-refractivity contribution in [2.75, 3.05) is 13.1 Å². The van der Waals surface area contributed by atoms with Crippen LogP contribution in [0.15, 0.2) is 49.2 Å². The second kappa shape index (κ2) is 14.7. The molecule has 1 aliphatic heterocycles. The molecule has 4 amide bonds. The number of amides is 4. The summed E-state index contributed by atoms with van der Waals surface area (Å²) in [6.45, 7) is 23.8. The zero-order valence-corrected chi connectivity index (χ0v) is 29.6. The average Bonchev–Trinajstić information content (AvgIpc) is 3.38. The van der Waals surface area contributed by atoms with Crippen LogP contribution in [0.4, 0.5) is 4.79 Å². The predicted octanol–water partition coefficient (Wildman–Crippen LogP) is 4.91. The van der Waals surface area contributed by atoms with Crippen molar-refractivity contribution in [3.63, 3.8) is 0 Å². The quantitative estimate of drug-likeness (QED) is 0.159. The van der Waals surface area contributed by atoms with Crippen molar-refractivity contribution in [3.8, 4) is 0 Å². The fourth-order valence-electron chi connectivity index (χ4n) is 7.98. The summed E-state index contributed by atoms with van der Waals surface area (Å²) in [6, 6.07) is 6.23. The Balaban J connectivity index is 1.60. The smallest absolute Gasteiger partial charge is 0.315 e. The van der Waals surface area contributed by atoms with Crippen molar-refractivity contribution in [1.29, 1.82) is 0 Å². The lowest BCUT2D eigenvalue weighted by molar-refractivity contribution is -0.140. The van der Waals surface area contributed by atoms with Gasteiger partial charge in [-0.2, -0.15) is 0 Å². The van der Waals surface area contributed by atoms with Gasteiger partial charge in [-0.1, -0.05) is 98.2 Å². The molecule has 4 rings (SSSR count). The molecular weight excluding hydrogens is 590 g/mol. The van der Waals surface area contributed by atoms with Crippen LogP contribution >= 0.6 is 0 Å². The Bertz CT molecular complexity index is 1340. The number of rotatable bonds is 15. The molecule has 4 unspecified atom stereocenters. The van der Waals surface area contributed by atoms with E-state index in [4.69, 9.17) is 0 Å². The minimum Gasteiger partial charge on any atom is -0.361 e. The SMILES string of the molecule is C=CCNC(=O)C(=O)C(CCCC)NC(=O)C1[C@@H]2[C@H](CN1C(=C)C(NC(=O)NC(CC)C(C)(C)C)C1Cc3ccccc3C1)C2(C)C. The maximum absolute atomic E-state index is 14.2. The molecule has 3 aliphatic rings. The van der Waals surface area contributed by atoms with Crippen LogP contribution in [0.3, 0.4) is 0 Å². The van der Waals surface area contributed by atoms with E-state index in [0.717, 1.165) is 25.7 Å². The number of ketones is 1. The first-order valence-corrected chi connectivity index (χ1v) is 17.5. The van der Waals surface area contributed by atoms with E-state index in [9.17, 15) is 19.2 Å². The summed E-state index contributed by atoms with van der Waals surface area (Å²) in [5.41, 5.74) is 3.09. The van der Waals surface area contributed by atoms with Crippen LogP contribution in [0.2, 0.25) is 0 Å². The third-order valence-electron chi connectivity index (χ3n) is 10.9. The number of unbranched alkanes of at least 4 members (excludes halogenated alkanes) is 1. The molecular formula is C38H57N5O4. The van der Waals surface area contributed by atoms with E-state index >= 15 is 0 Å². The van der Waals surface area contributed by atoms with Crippen LogP contribution in [0.1, 0.15) is 85.3 Å². The lowest BCUT2D eigenvalue weighted by atomic mass is 9.85. The van der Waals surface area contributed by atoms with Gasteiger partial charge in [0.15, 0.2) is 0 Å². The average molecular weight is 648 g/mol. The van der Waals surface area contributed by atoms with Crippen molar-refractivity contribution in [2.24, 2.45) is 28.6 Å². The number of nitrogens with one attached hydrogen (secondary N) is 4. The molecule has 1 saturated carbocycles. The van der Waals surface area contributed by atoms with Gasteiger partial charge in [-0.15, -0.1) is 6.58 Å². The molecule has 258 valence electrons. The summed E-state index contributed by atoms with van der Waals surface area (Å²) in [7, 11) is 0. The van der Waals surface area contributed by atoms with Gasteiger partial charge in [0.2, 0.25) is 11.7 Å². The largest absolute Gasteiger partial charge is 0.361 e. The predicted molar refractivity (Wildman–Crippen MR) is 186 cm³/mol. The van der Waals surface area contributed by atoms with Crippen molar-refractivity contribution < 1.29 is 19.2 Å². The number of urea groups is 1. The number of nitrogens with zero attached hydrogens (tertiary/aromatic N) is 1. The third kappa shape index (κ3) is 7.92. The number of carbonyl (C=O) groups excluding carboxylic acids is 4. The molecule has 2 fully saturated rings. The molecule has 9 heteroatoms. The third-order valence-corrected chi connectivity index (χ3v) is 10.9. The number of benzene rings is 1. The first kappa shape index (κ1) is 36.2. The second-order valence-corrected chi connectivity index (χ2v) is 15.5. The van der Waals surface area contributed by atoms with Crippen molar-refractivity contribution in [2.45, 2.75) is 111 Å². The zero-order valence-electron chi connectivity index (χ0n) is 29.6. The zero-order chi connectivity index (χ0) is 34.7. The first-order valence-electron chi connectivity index (χ1n) is 17.5. The summed E-state index contributed by atoms with van der Waals surface area (Å²) >= 11 is 0. The van der Waals surface area contributed by atoms with Crippen LogP contribution in [0.5, 0.6) is 0 Å². The fourth-order valence-corrected chi connectivity index (χ4v) is 7.98. The van der Waals surface area contributed by atoms with E-state index in [1.165, 1.54) is 17.2 Å². The van der Waals surface area contributed by atoms with Gasteiger partial charge in [-0.25, -0.2) is 4.79 Å². The Morgan fingerprint density at radius 2 is 1.68 bits per heavy atom. The molecule has 6 atom stereocenters. The van der Waals surface area contributed by atoms with Gasteiger partial charge < -0.3 is 26.2 Å². The molecule has 1 aromatic rings. The molecule has 0 radical (unpaired) electrons. The van der Waals surface area contributed by atoms with E-state index in [1.54, 1.807) is 0 Å². The van der Waals surface area contributed by atoms with Gasteiger partial charge in [0, 0.05) is 24.8 Å². The van der Waals surface area contributed by atoms with Crippen LogP contribution in [0, 0.1) is 28.6 Å². The summed E-state index contributed by atoms with van der Waals surface area (Å²) < 4.78 is 0. The van der Waals surface area contributed by atoms with Gasteiger partial charge >= 0.3 is 6.03 Å². The molecule has 0 spiro atoms. The summed E-state index contributed by atoms with van der Waals surface area (Å²) in [6.07, 6.45) is 5.81. The second-order valence-electron chi connectivity index (χ2n) is 15.5. The van der Waals surface area contributed by atoms with Crippen LogP contribution in [-0.4, -0.2) is 65.8 Å². The van der Waals surface area contributed by atoms with Gasteiger partial charge in [0.1, 0.15) is 6.04 Å². The molecule has 2 aliphatic carbocycles. The van der Waals surface area contributed by atoms with Crippen LogP contribution < -0.4 is 21.3 Å². The molecule has 0 bridgehead atoms. The van der Waals surface area contributed by atoms with E-state index in [1.807, 2.05) is 19.1 Å². The number of likely N-dealkylation sites (tertiary alicyclic amines) is 1. The molecule has 1 saturated heterocycles. The lowest BCUT2D eigenvalue weighted by Crippen LogP contribution is -2.57. The Hall–Kier alpha value is -3.62. The van der Waals surface area contributed by atoms with Gasteiger partial charge in [-0.05, 0) is 65.4 Å². The van der Waals surface area contributed by atoms with E-state index in [2.05, 4.69) is 93.0 Å².